The summed E-state index contributed by atoms with van der Waals surface area (Å²) in [5.74, 6) is 0.955. The van der Waals surface area contributed by atoms with Crippen molar-refractivity contribution in [2.24, 2.45) is 11.5 Å². The smallest absolute Gasteiger partial charge is 0.314 e. The number of carbonyl (C=O) groups excluding carboxylic acids is 2. The molecular weight excluding hydrogens is 468 g/mol. The Hall–Kier alpha value is -3.66. The number of piperidine rings is 1. The molecule has 0 aliphatic carbocycles. The number of nitrogens with two attached hydrogens (primary N) is 2. The van der Waals surface area contributed by atoms with Crippen LogP contribution in [0.3, 0.4) is 0 Å². The Morgan fingerprint density at radius 2 is 1.86 bits per heavy atom. The van der Waals surface area contributed by atoms with E-state index < -0.39 is 11.4 Å². The van der Waals surface area contributed by atoms with Gasteiger partial charge in [0.25, 0.3) is 0 Å². The summed E-state index contributed by atoms with van der Waals surface area (Å²) in [5.41, 5.74) is 14.4. The van der Waals surface area contributed by atoms with Crippen molar-refractivity contribution in [3.63, 3.8) is 0 Å². The van der Waals surface area contributed by atoms with E-state index in [-0.39, 0.29) is 18.0 Å². The summed E-state index contributed by atoms with van der Waals surface area (Å²) in [6.45, 7) is 6.61. The SMILES string of the molecule is Cc1cn2nc([C@H](C)N(C)C(=O)C3(c4ccccc4)CCN(C(N)=O)CC3)cc2nc1N1CC[C@H](N)C1. The van der Waals surface area contributed by atoms with Crippen LogP contribution >= 0.6 is 0 Å². The van der Waals surface area contributed by atoms with E-state index >= 15 is 0 Å². The van der Waals surface area contributed by atoms with Crippen molar-refractivity contribution in [2.75, 3.05) is 38.1 Å². The van der Waals surface area contributed by atoms with Crippen molar-refractivity contribution in [1.82, 2.24) is 24.4 Å². The molecule has 10 nitrogen and oxygen atoms in total. The molecular formula is C27H36N8O2. The molecule has 37 heavy (non-hydrogen) atoms. The van der Waals surface area contributed by atoms with E-state index in [1.54, 1.807) is 14.3 Å². The standard InChI is InChI=1S/C27H36N8O2/c1-18-16-35-23(30-24(18)34-12-9-21(28)17-34)15-22(31-35)19(2)32(3)25(36)27(20-7-5-4-6-8-20)10-13-33(14-11-27)26(29)37/h4-8,15-16,19,21H,9-14,17,28H2,1-3H3,(H2,29,37)/t19-,21-/m0/s1. The molecule has 2 aliphatic rings. The Balaban J connectivity index is 1.42. The number of urea groups is 1. The molecule has 196 valence electrons. The normalized spacial score (nSPS) is 20.3. The molecule has 2 aliphatic heterocycles. The summed E-state index contributed by atoms with van der Waals surface area (Å²) in [6.07, 6.45) is 3.98. The predicted molar refractivity (Wildman–Crippen MR) is 142 cm³/mol. The van der Waals surface area contributed by atoms with Gasteiger partial charge in [0.1, 0.15) is 5.82 Å². The molecule has 2 atom stereocenters. The highest BCUT2D eigenvalue weighted by atomic mass is 16.2. The van der Waals surface area contributed by atoms with Crippen LogP contribution in [0.2, 0.25) is 0 Å². The van der Waals surface area contributed by atoms with Gasteiger partial charge in [-0.15, -0.1) is 0 Å². The number of anilines is 1. The Bertz CT molecular complexity index is 1300. The zero-order chi connectivity index (χ0) is 26.3. The molecule has 0 saturated carbocycles. The van der Waals surface area contributed by atoms with Crippen molar-refractivity contribution in [3.05, 3.63) is 59.4 Å². The summed E-state index contributed by atoms with van der Waals surface area (Å²) in [7, 11) is 1.83. The second kappa shape index (κ2) is 9.66. The average Bonchev–Trinajstić information content (AvgIpc) is 3.53. The van der Waals surface area contributed by atoms with Gasteiger partial charge in [0.2, 0.25) is 5.91 Å². The predicted octanol–water partition coefficient (Wildman–Crippen LogP) is 2.21. The van der Waals surface area contributed by atoms with Crippen LogP contribution in [0.15, 0.2) is 42.6 Å². The van der Waals surface area contributed by atoms with Gasteiger partial charge in [-0.1, -0.05) is 30.3 Å². The first-order valence-electron chi connectivity index (χ1n) is 12.9. The second-order valence-electron chi connectivity index (χ2n) is 10.5. The molecule has 2 fully saturated rings. The molecule has 3 amide bonds. The number of carbonyl (C=O) groups is 2. The summed E-state index contributed by atoms with van der Waals surface area (Å²) >= 11 is 0. The Kier molecular flexibility index (Phi) is 6.53. The minimum Gasteiger partial charge on any atom is -0.355 e. The first kappa shape index (κ1) is 25.0. The van der Waals surface area contributed by atoms with Gasteiger partial charge in [-0.25, -0.2) is 14.3 Å². The third-order valence-electron chi connectivity index (χ3n) is 8.14. The number of hydrogen-bond acceptors (Lipinski definition) is 6. The molecule has 4 heterocycles. The number of benzene rings is 1. The van der Waals surface area contributed by atoms with Crippen molar-refractivity contribution in [2.45, 2.75) is 50.6 Å². The molecule has 2 saturated heterocycles. The Morgan fingerprint density at radius 3 is 2.49 bits per heavy atom. The molecule has 5 rings (SSSR count). The van der Waals surface area contributed by atoms with Crippen LogP contribution < -0.4 is 16.4 Å². The molecule has 4 N–H and O–H groups in total. The van der Waals surface area contributed by atoms with Gasteiger partial charge in [0.05, 0.1) is 17.2 Å². The summed E-state index contributed by atoms with van der Waals surface area (Å²) in [6, 6.07) is 11.3. The minimum atomic E-state index is -0.730. The molecule has 0 radical (unpaired) electrons. The van der Waals surface area contributed by atoms with Crippen LogP contribution in [0.1, 0.15) is 49.0 Å². The highest BCUT2D eigenvalue weighted by Crippen LogP contribution is 2.39. The van der Waals surface area contributed by atoms with Crippen molar-refractivity contribution in [3.8, 4) is 0 Å². The first-order valence-corrected chi connectivity index (χ1v) is 12.9. The minimum absolute atomic E-state index is 0.0169. The zero-order valence-electron chi connectivity index (χ0n) is 21.8. The summed E-state index contributed by atoms with van der Waals surface area (Å²) < 4.78 is 1.79. The van der Waals surface area contributed by atoms with Crippen LogP contribution in [0.5, 0.6) is 0 Å². The number of hydrogen-bond donors (Lipinski definition) is 2. The highest BCUT2D eigenvalue weighted by molar-refractivity contribution is 5.89. The van der Waals surface area contributed by atoms with E-state index in [9.17, 15) is 9.59 Å². The summed E-state index contributed by atoms with van der Waals surface area (Å²) in [5, 5.41) is 4.78. The average molecular weight is 505 g/mol. The molecule has 3 aromatic rings. The topological polar surface area (TPSA) is 126 Å². The van der Waals surface area contributed by atoms with E-state index in [0.717, 1.165) is 47.8 Å². The van der Waals surface area contributed by atoms with E-state index in [4.69, 9.17) is 21.5 Å². The second-order valence-corrected chi connectivity index (χ2v) is 10.5. The number of primary amides is 1. The van der Waals surface area contributed by atoms with E-state index in [0.29, 0.717) is 25.9 Å². The van der Waals surface area contributed by atoms with E-state index in [1.807, 2.05) is 63.5 Å². The van der Waals surface area contributed by atoms with Gasteiger partial charge in [-0.3, -0.25) is 4.79 Å². The lowest BCUT2D eigenvalue weighted by molar-refractivity contribution is -0.140. The Labute approximate surface area is 217 Å². The molecule has 0 bridgehead atoms. The van der Waals surface area contributed by atoms with E-state index in [1.165, 1.54) is 0 Å². The number of amides is 3. The molecule has 1 aromatic carbocycles. The molecule has 0 unspecified atom stereocenters. The van der Waals surface area contributed by atoms with Gasteiger partial charge in [-0.2, -0.15) is 5.10 Å². The maximum absolute atomic E-state index is 14.2. The summed E-state index contributed by atoms with van der Waals surface area (Å²) in [4.78, 5) is 36.4. The third kappa shape index (κ3) is 4.50. The first-order chi connectivity index (χ1) is 17.7. The number of aryl methyl sites for hydroxylation is 1. The fourth-order valence-corrected chi connectivity index (χ4v) is 5.73. The van der Waals surface area contributed by atoms with Crippen LogP contribution in [0.4, 0.5) is 10.6 Å². The number of aromatic nitrogens is 3. The number of fused-ring (bicyclic) bond motifs is 1. The van der Waals surface area contributed by atoms with Gasteiger partial charge < -0.3 is 26.2 Å². The quantitative estimate of drug-likeness (QED) is 0.549. The van der Waals surface area contributed by atoms with Crippen LogP contribution in [0.25, 0.3) is 5.65 Å². The monoisotopic (exact) mass is 504 g/mol. The number of likely N-dealkylation sites (tertiary alicyclic amines) is 1. The van der Waals surface area contributed by atoms with Crippen LogP contribution in [0, 0.1) is 6.92 Å². The molecule has 0 spiro atoms. The Morgan fingerprint density at radius 1 is 1.16 bits per heavy atom. The van der Waals surface area contributed by atoms with Gasteiger partial charge in [-0.05, 0) is 38.7 Å². The molecule has 2 aromatic heterocycles. The van der Waals surface area contributed by atoms with Gasteiger partial charge >= 0.3 is 6.03 Å². The number of nitrogens with zero attached hydrogens (tertiary/aromatic N) is 6. The lowest BCUT2D eigenvalue weighted by Gasteiger charge is -2.43. The lowest BCUT2D eigenvalue weighted by atomic mass is 9.71. The number of likely N-dealkylation sites (N-methyl/N-ethyl adjacent to an activating group) is 1. The zero-order valence-corrected chi connectivity index (χ0v) is 21.8. The highest BCUT2D eigenvalue weighted by Gasteiger charge is 2.46. The largest absolute Gasteiger partial charge is 0.355 e. The number of rotatable bonds is 5. The lowest BCUT2D eigenvalue weighted by Crippen LogP contribution is -2.54. The van der Waals surface area contributed by atoms with Gasteiger partial charge in [0.15, 0.2) is 5.65 Å². The fourth-order valence-electron chi connectivity index (χ4n) is 5.73. The third-order valence-corrected chi connectivity index (χ3v) is 8.14. The van der Waals surface area contributed by atoms with Crippen molar-refractivity contribution < 1.29 is 9.59 Å². The van der Waals surface area contributed by atoms with Crippen LogP contribution in [-0.2, 0) is 10.2 Å². The van der Waals surface area contributed by atoms with E-state index in [2.05, 4.69) is 4.90 Å². The maximum atomic E-state index is 14.2. The van der Waals surface area contributed by atoms with Crippen LogP contribution in [-0.4, -0.2) is 75.6 Å². The van der Waals surface area contributed by atoms with Crippen molar-refractivity contribution >= 4 is 23.4 Å². The fraction of sp³-hybridized carbons (Fsp3) is 0.481. The maximum Gasteiger partial charge on any atom is 0.314 e. The van der Waals surface area contributed by atoms with Gasteiger partial charge in [0, 0.05) is 57.1 Å². The van der Waals surface area contributed by atoms with Crippen molar-refractivity contribution in [1.29, 1.82) is 0 Å². The molecule has 10 heteroatoms.